The summed E-state index contributed by atoms with van der Waals surface area (Å²) in [5, 5.41) is 12.6. The summed E-state index contributed by atoms with van der Waals surface area (Å²) in [7, 11) is 0. The van der Waals surface area contributed by atoms with Crippen molar-refractivity contribution in [3.05, 3.63) is 129 Å². The Kier molecular flexibility index (Phi) is 5.06. The second-order valence-electron chi connectivity index (χ2n) is 11.2. The molecule has 2 heterocycles. The molecule has 188 valence electrons. The monoisotopic (exact) mass is 503 g/mol. The molecule has 3 heteroatoms. The summed E-state index contributed by atoms with van der Waals surface area (Å²) in [5.74, 6) is 0.677. The molecule has 3 nitrogen and oxygen atoms in total. The van der Waals surface area contributed by atoms with Crippen LogP contribution in [0.4, 0.5) is 0 Å². The second-order valence-corrected chi connectivity index (χ2v) is 11.2. The molecule has 0 saturated carbocycles. The fourth-order valence-corrected chi connectivity index (χ4v) is 6.55. The quantitative estimate of drug-likeness (QED) is 0.284. The van der Waals surface area contributed by atoms with E-state index in [1.54, 1.807) is 5.56 Å². The fraction of sp³-hybridized carbons (Fsp3) is 0.167. The third-order valence-electron chi connectivity index (χ3n) is 8.63. The van der Waals surface area contributed by atoms with E-state index in [-0.39, 0.29) is 0 Å². The highest BCUT2D eigenvalue weighted by Crippen LogP contribution is 2.26. The number of hydrogen-bond acceptors (Lipinski definition) is 2. The van der Waals surface area contributed by atoms with Crippen LogP contribution in [0.15, 0.2) is 91.3 Å². The van der Waals surface area contributed by atoms with Gasteiger partial charge in [-0.1, -0.05) is 67.6 Å². The van der Waals surface area contributed by atoms with Gasteiger partial charge in [-0.15, -0.1) is 0 Å². The van der Waals surface area contributed by atoms with Crippen LogP contribution in [0, 0.1) is 16.4 Å². The van der Waals surface area contributed by atoms with E-state index in [4.69, 9.17) is 5.10 Å². The lowest BCUT2D eigenvalue weighted by atomic mass is 9.85. The van der Waals surface area contributed by atoms with Gasteiger partial charge in [0.25, 0.3) is 0 Å². The van der Waals surface area contributed by atoms with Crippen LogP contribution in [0.25, 0.3) is 45.1 Å². The van der Waals surface area contributed by atoms with Crippen molar-refractivity contribution in [3.8, 4) is 11.1 Å². The third kappa shape index (κ3) is 3.80. The van der Waals surface area contributed by atoms with Gasteiger partial charge in [0, 0.05) is 17.0 Å². The van der Waals surface area contributed by atoms with E-state index in [0.717, 1.165) is 34.8 Å². The van der Waals surface area contributed by atoms with Gasteiger partial charge in [0.15, 0.2) is 0 Å². The Morgan fingerprint density at radius 3 is 2.69 bits per heavy atom. The van der Waals surface area contributed by atoms with Crippen molar-refractivity contribution in [2.75, 3.05) is 0 Å². The van der Waals surface area contributed by atoms with Crippen molar-refractivity contribution in [3.63, 3.8) is 0 Å². The number of fused-ring (bicyclic) bond motifs is 6. The number of benzene rings is 4. The molecule has 0 N–H and O–H groups in total. The van der Waals surface area contributed by atoms with Crippen LogP contribution in [-0.2, 0) is 19.4 Å². The maximum atomic E-state index is 4.73. The largest absolute Gasteiger partial charge is 0.260 e. The van der Waals surface area contributed by atoms with Gasteiger partial charge in [0.05, 0.1) is 23.8 Å². The van der Waals surface area contributed by atoms with Gasteiger partial charge in [-0.2, -0.15) is 5.10 Å². The summed E-state index contributed by atoms with van der Waals surface area (Å²) in [6.45, 7) is 3.06. The van der Waals surface area contributed by atoms with Gasteiger partial charge < -0.3 is 0 Å². The molecule has 39 heavy (non-hydrogen) atoms. The van der Waals surface area contributed by atoms with E-state index in [9.17, 15) is 0 Å². The van der Waals surface area contributed by atoms with E-state index in [0.29, 0.717) is 5.92 Å². The minimum absolute atomic E-state index is 0.677. The highest BCUT2D eigenvalue weighted by molar-refractivity contribution is 5.85. The summed E-state index contributed by atoms with van der Waals surface area (Å²) in [5.41, 5.74) is 8.98. The van der Waals surface area contributed by atoms with Crippen LogP contribution in [0.2, 0.25) is 0 Å². The van der Waals surface area contributed by atoms with Crippen molar-refractivity contribution in [2.24, 2.45) is 5.92 Å². The van der Waals surface area contributed by atoms with E-state index in [1.807, 2.05) is 18.5 Å². The molecule has 8 rings (SSSR count). The van der Waals surface area contributed by atoms with Crippen LogP contribution >= 0.6 is 0 Å². The smallest absolute Gasteiger partial charge is 0.0702 e. The van der Waals surface area contributed by atoms with Crippen molar-refractivity contribution >= 4 is 34.0 Å². The van der Waals surface area contributed by atoms with Crippen molar-refractivity contribution in [1.29, 1.82) is 0 Å². The standard InChI is InChI=1S/C36H29N3/c1-23-4-11-31-27(17-23)9-13-34-32-12-8-25(19-28(32)10-14-33(31)34)26-6-7-30-21-38-39(36(30)20-26)22-24-5-15-35-29(18-24)3-2-16-37-35/h2-3,5-10,12-13,15-21,23H,4,11,14,22H2,1H3. The molecule has 4 aromatic carbocycles. The van der Waals surface area contributed by atoms with Crippen LogP contribution in [0.5, 0.6) is 0 Å². The molecule has 0 fully saturated rings. The molecule has 2 aliphatic carbocycles. The predicted molar refractivity (Wildman–Crippen MR) is 159 cm³/mol. The third-order valence-corrected chi connectivity index (χ3v) is 8.63. The number of aromatic nitrogens is 3. The summed E-state index contributed by atoms with van der Waals surface area (Å²) in [6.07, 6.45) is 12.2. The zero-order valence-electron chi connectivity index (χ0n) is 22.1. The SMILES string of the molecule is CC1C=c2ccc3c(c2CC1)CC=c1cc(-c2ccc4cnn(Cc5ccc6ncccc6c5)c4c2)ccc1=3. The zero-order chi connectivity index (χ0) is 25.9. The molecule has 2 aliphatic rings. The maximum Gasteiger partial charge on any atom is 0.0702 e. The Balaban J connectivity index is 1.20. The first-order chi connectivity index (χ1) is 19.2. The number of nitrogens with zero attached hydrogens (tertiary/aromatic N) is 3. The lowest BCUT2D eigenvalue weighted by Gasteiger charge is -2.19. The molecule has 0 spiro atoms. The molecule has 6 aromatic rings. The van der Waals surface area contributed by atoms with E-state index in [1.165, 1.54) is 56.0 Å². The van der Waals surface area contributed by atoms with Crippen LogP contribution in [0.3, 0.4) is 0 Å². The minimum atomic E-state index is 0.677. The molecule has 0 amide bonds. The van der Waals surface area contributed by atoms with Crippen molar-refractivity contribution in [2.45, 2.75) is 32.7 Å². The zero-order valence-corrected chi connectivity index (χ0v) is 22.1. The number of hydrogen-bond donors (Lipinski definition) is 0. The molecule has 0 saturated heterocycles. The van der Waals surface area contributed by atoms with Gasteiger partial charge in [-0.05, 0) is 104 Å². The topological polar surface area (TPSA) is 30.7 Å². The van der Waals surface area contributed by atoms with Crippen LogP contribution < -0.4 is 10.4 Å². The summed E-state index contributed by atoms with van der Waals surface area (Å²) < 4.78 is 2.11. The molecule has 0 aliphatic heterocycles. The predicted octanol–water partition coefficient (Wildman–Crippen LogP) is 6.29. The van der Waals surface area contributed by atoms with Gasteiger partial charge in [-0.25, -0.2) is 0 Å². The second kappa shape index (κ2) is 8.78. The molecule has 1 atom stereocenters. The normalized spacial score (nSPS) is 15.8. The maximum absolute atomic E-state index is 4.73. The van der Waals surface area contributed by atoms with Gasteiger partial charge in [-0.3, -0.25) is 9.67 Å². The van der Waals surface area contributed by atoms with Gasteiger partial charge >= 0.3 is 0 Å². The molecule has 1 unspecified atom stereocenters. The lowest BCUT2D eigenvalue weighted by Crippen LogP contribution is -2.22. The molecule has 0 bridgehead atoms. The summed E-state index contributed by atoms with van der Waals surface area (Å²) >= 11 is 0. The average molecular weight is 504 g/mol. The van der Waals surface area contributed by atoms with Crippen LogP contribution in [0.1, 0.15) is 30.0 Å². The Hall–Kier alpha value is -4.50. The fourth-order valence-electron chi connectivity index (χ4n) is 6.55. The number of rotatable bonds is 3. The Bertz CT molecular complexity index is 2150. The highest BCUT2D eigenvalue weighted by Gasteiger charge is 2.15. The van der Waals surface area contributed by atoms with Crippen LogP contribution in [-0.4, -0.2) is 14.8 Å². The lowest BCUT2D eigenvalue weighted by molar-refractivity contribution is 0.656. The first kappa shape index (κ1) is 22.5. The van der Waals surface area contributed by atoms with Gasteiger partial charge in [0.1, 0.15) is 0 Å². The average Bonchev–Trinajstić information content (AvgIpc) is 3.38. The minimum Gasteiger partial charge on any atom is -0.260 e. The molecule has 0 radical (unpaired) electrons. The van der Waals surface area contributed by atoms with Crippen molar-refractivity contribution in [1.82, 2.24) is 14.8 Å². The first-order valence-corrected chi connectivity index (χ1v) is 14.0. The Morgan fingerprint density at radius 2 is 1.72 bits per heavy atom. The summed E-state index contributed by atoms with van der Waals surface area (Å²) in [4.78, 5) is 4.45. The summed E-state index contributed by atoms with van der Waals surface area (Å²) in [6, 6.07) is 28.9. The molecular formula is C36H29N3. The van der Waals surface area contributed by atoms with E-state index >= 15 is 0 Å². The van der Waals surface area contributed by atoms with E-state index < -0.39 is 0 Å². The Morgan fingerprint density at radius 1 is 0.821 bits per heavy atom. The van der Waals surface area contributed by atoms with E-state index in [2.05, 4.69) is 102 Å². The molecule has 2 aromatic heterocycles. The first-order valence-electron chi connectivity index (χ1n) is 14.0. The number of pyridine rings is 1. The van der Waals surface area contributed by atoms with Crippen molar-refractivity contribution < 1.29 is 0 Å². The highest BCUT2D eigenvalue weighted by atomic mass is 15.3. The van der Waals surface area contributed by atoms with Gasteiger partial charge in [0.2, 0.25) is 0 Å². The molecular weight excluding hydrogens is 474 g/mol. The Labute approximate surface area is 227 Å².